The minimum absolute atomic E-state index is 0.00903. The summed E-state index contributed by atoms with van der Waals surface area (Å²) in [5.41, 5.74) is 12.4. The number of hydrogen-bond acceptors (Lipinski definition) is 1. The number of aromatic nitrogens is 2. The van der Waals surface area contributed by atoms with Crippen LogP contribution >= 0.6 is 0 Å². The Bertz CT molecular complexity index is 3410. The molecule has 11 aromatic rings. The molecule has 0 spiro atoms. The van der Waals surface area contributed by atoms with Crippen molar-refractivity contribution in [3.05, 3.63) is 259 Å². The molecule has 0 saturated carbocycles. The summed E-state index contributed by atoms with van der Waals surface area (Å²) in [6.45, 7) is 0. The zero-order valence-electron chi connectivity index (χ0n) is 35.2. The van der Waals surface area contributed by atoms with Crippen LogP contribution < -0.4 is 25.6 Å². The second kappa shape index (κ2) is 14.6. The summed E-state index contributed by atoms with van der Waals surface area (Å²) in [6, 6.07) is 88.2. The average Bonchev–Trinajstić information content (AvgIpc) is 4.01. The van der Waals surface area contributed by atoms with Gasteiger partial charge in [-0.15, -0.1) is 0 Å². The zero-order valence-corrected chi connectivity index (χ0v) is 36.2. The van der Waals surface area contributed by atoms with Crippen molar-refractivity contribution in [2.45, 2.75) is 12.0 Å². The molecule has 2 aliphatic rings. The Balaban J connectivity index is 1.09. The standard InChI is InChI=1S/C60H43N3Si/c1-6-20-42(21-7-1)61-57-37-34-44(62-54-32-18-16-30-49(54)50-31-17-19-33-55(50)62)40-53(57)59-58(61)39-36-51-52-41-48(35-38-56(52)63(60(51)59)43-22-8-2-9-23-43)64(45-24-10-3-11-25-45,46-26-12-4-13-27-46)47-28-14-5-15-29-47/h1-41,51,60H. The van der Waals surface area contributed by atoms with E-state index in [1.54, 1.807) is 0 Å². The first-order chi connectivity index (χ1) is 31.8. The summed E-state index contributed by atoms with van der Waals surface area (Å²) in [6.07, 6.45) is 4.92. The largest absolute Gasteiger partial charge is 0.333 e. The van der Waals surface area contributed by atoms with Crippen molar-refractivity contribution in [1.82, 2.24) is 9.13 Å². The predicted octanol–water partition coefficient (Wildman–Crippen LogP) is 12.1. The third-order valence-electron chi connectivity index (χ3n) is 14.0. The number of fused-ring (bicyclic) bond motifs is 10. The van der Waals surface area contributed by atoms with E-state index in [4.69, 9.17) is 0 Å². The van der Waals surface area contributed by atoms with Crippen LogP contribution in [-0.4, -0.2) is 17.2 Å². The third kappa shape index (κ3) is 5.33. The summed E-state index contributed by atoms with van der Waals surface area (Å²) < 4.78 is 4.95. The molecule has 4 heteroatoms. The monoisotopic (exact) mass is 833 g/mol. The Morgan fingerprint density at radius 1 is 0.359 bits per heavy atom. The highest BCUT2D eigenvalue weighted by Gasteiger charge is 2.47. The van der Waals surface area contributed by atoms with E-state index < -0.39 is 8.07 Å². The normalized spacial score (nSPS) is 15.4. The van der Waals surface area contributed by atoms with Crippen molar-refractivity contribution in [1.29, 1.82) is 0 Å². The molecule has 3 nitrogen and oxygen atoms in total. The first kappa shape index (κ1) is 36.7. The lowest BCUT2D eigenvalue weighted by Gasteiger charge is -2.35. The maximum absolute atomic E-state index is 2.79. The van der Waals surface area contributed by atoms with Crippen LogP contribution in [0.4, 0.5) is 11.4 Å². The van der Waals surface area contributed by atoms with Crippen LogP contribution in [0.3, 0.4) is 0 Å². The van der Waals surface area contributed by atoms with Crippen LogP contribution in [0.2, 0.25) is 0 Å². The number of para-hydroxylation sites is 4. The Morgan fingerprint density at radius 2 is 0.859 bits per heavy atom. The molecule has 64 heavy (non-hydrogen) atoms. The van der Waals surface area contributed by atoms with E-state index in [1.165, 1.54) is 81.7 Å². The van der Waals surface area contributed by atoms with Crippen molar-refractivity contribution in [2.24, 2.45) is 0 Å². The first-order valence-corrected chi connectivity index (χ1v) is 24.3. The number of benzene rings is 9. The molecule has 9 aromatic carbocycles. The summed E-state index contributed by atoms with van der Waals surface area (Å²) in [5.74, 6) is 0.100. The Hall–Kier alpha value is -7.92. The van der Waals surface area contributed by atoms with Gasteiger partial charge in [-0.25, -0.2) is 0 Å². The van der Waals surface area contributed by atoms with Gasteiger partial charge in [0.2, 0.25) is 0 Å². The SMILES string of the molecule is C1=CC2c3cc([Si](c4ccccc4)(c4ccccc4)c4ccccc4)ccc3N(c3ccccc3)C2c2c1n(-c1ccccc1)c1ccc(-n3c4ccccc4c4ccccc43)cc21. The van der Waals surface area contributed by atoms with Crippen molar-refractivity contribution in [3.63, 3.8) is 0 Å². The fraction of sp³-hybridized carbons (Fsp3) is 0.0333. The van der Waals surface area contributed by atoms with E-state index in [-0.39, 0.29) is 12.0 Å². The number of nitrogens with zero attached hydrogens (tertiary/aromatic N) is 3. The van der Waals surface area contributed by atoms with E-state index in [9.17, 15) is 0 Å². The van der Waals surface area contributed by atoms with Crippen LogP contribution in [0, 0.1) is 0 Å². The van der Waals surface area contributed by atoms with Gasteiger partial charge in [0.05, 0.1) is 28.3 Å². The number of rotatable bonds is 7. The lowest BCUT2D eigenvalue weighted by Crippen LogP contribution is -2.74. The van der Waals surface area contributed by atoms with E-state index in [0.29, 0.717) is 0 Å². The molecule has 2 unspecified atom stereocenters. The van der Waals surface area contributed by atoms with Gasteiger partial charge in [-0.05, 0) is 93.1 Å². The molecule has 0 saturated heterocycles. The van der Waals surface area contributed by atoms with Crippen molar-refractivity contribution in [2.75, 3.05) is 4.90 Å². The molecule has 13 rings (SSSR count). The smallest absolute Gasteiger partial charge is 0.179 e. The lowest BCUT2D eigenvalue weighted by atomic mass is 9.84. The highest BCUT2D eigenvalue weighted by molar-refractivity contribution is 7.19. The Labute approximate surface area is 374 Å². The molecule has 0 bridgehead atoms. The van der Waals surface area contributed by atoms with Crippen LogP contribution in [-0.2, 0) is 0 Å². The summed E-state index contributed by atoms with van der Waals surface area (Å²) >= 11 is 0. The van der Waals surface area contributed by atoms with E-state index >= 15 is 0 Å². The quantitative estimate of drug-likeness (QED) is 0.115. The van der Waals surface area contributed by atoms with Gasteiger partial charge in [0, 0.05) is 50.4 Å². The average molecular weight is 834 g/mol. The van der Waals surface area contributed by atoms with Gasteiger partial charge in [0.1, 0.15) is 0 Å². The van der Waals surface area contributed by atoms with Crippen LogP contribution in [0.5, 0.6) is 0 Å². The van der Waals surface area contributed by atoms with Crippen LogP contribution in [0.1, 0.15) is 28.8 Å². The van der Waals surface area contributed by atoms with Gasteiger partial charge in [-0.1, -0.05) is 182 Å². The molecule has 2 atom stereocenters. The minimum Gasteiger partial charge on any atom is -0.333 e. The molecule has 0 amide bonds. The second-order valence-electron chi connectivity index (χ2n) is 17.2. The molecule has 1 aliphatic heterocycles. The lowest BCUT2D eigenvalue weighted by molar-refractivity contribution is 0.669. The predicted molar refractivity (Wildman–Crippen MR) is 271 cm³/mol. The van der Waals surface area contributed by atoms with Gasteiger partial charge < -0.3 is 14.0 Å². The molecular formula is C60H43N3Si. The minimum atomic E-state index is -2.79. The highest BCUT2D eigenvalue weighted by atomic mass is 28.3. The van der Waals surface area contributed by atoms with Crippen LogP contribution in [0.15, 0.2) is 243 Å². The fourth-order valence-electron chi connectivity index (χ4n) is 11.4. The maximum Gasteiger partial charge on any atom is 0.179 e. The Kier molecular flexibility index (Phi) is 8.37. The number of anilines is 2. The van der Waals surface area contributed by atoms with Gasteiger partial charge >= 0.3 is 0 Å². The molecule has 0 radical (unpaired) electrons. The van der Waals surface area contributed by atoms with Gasteiger partial charge in [0.15, 0.2) is 8.07 Å². The third-order valence-corrected chi connectivity index (χ3v) is 18.8. The summed E-state index contributed by atoms with van der Waals surface area (Å²) in [7, 11) is -2.79. The fourth-order valence-corrected chi connectivity index (χ4v) is 16.2. The van der Waals surface area contributed by atoms with Crippen molar-refractivity contribution < 1.29 is 0 Å². The van der Waals surface area contributed by atoms with E-state index in [1.807, 2.05) is 0 Å². The summed E-state index contributed by atoms with van der Waals surface area (Å²) in [5, 5.41) is 9.34. The molecular weight excluding hydrogens is 791 g/mol. The van der Waals surface area contributed by atoms with E-state index in [2.05, 4.69) is 263 Å². The first-order valence-electron chi connectivity index (χ1n) is 22.3. The molecule has 2 aromatic heterocycles. The van der Waals surface area contributed by atoms with Crippen LogP contribution in [0.25, 0.3) is 50.2 Å². The van der Waals surface area contributed by atoms with Gasteiger partial charge in [0.25, 0.3) is 0 Å². The molecule has 1 aliphatic carbocycles. The topological polar surface area (TPSA) is 13.1 Å². The second-order valence-corrected chi connectivity index (χ2v) is 21.0. The molecule has 302 valence electrons. The molecule has 0 N–H and O–H groups in total. The van der Waals surface area contributed by atoms with Gasteiger partial charge in [-0.2, -0.15) is 0 Å². The summed E-state index contributed by atoms with van der Waals surface area (Å²) in [4.78, 5) is 2.64. The van der Waals surface area contributed by atoms with E-state index in [0.717, 1.165) is 11.4 Å². The zero-order chi connectivity index (χ0) is 42.2. The molecule has 3 heterocycles. The van der Waals surface area contributed by atoms with Crippen molar-refractivity contribution >= 4 is 79.0 Å². The Morgan fingerprint density at radius 3 is 1.44 bits per heavy atom. The highest BCUT2D eigenvalue weighted by Crippen LogP contribution is 2.57. The number of hydrogen-bond donors (Lipinski definition) is 0. The molecule has 0 fully saturated rings. The van der Waals surface area contributed by atoms with Crippen molar-refractivity contribution in [3.8, 4) is 11.4 Å². The maximum atomic E-state index is 2.64. The van der Waals surface area contributed by atoms with Gasteiger partial charge in [-0.3, -0.25) is 0 Å².